The molecule has 4 rings (SSSR count). The third kappa shape index (κ3) is 3.82. The molecule has 3 heterocycles. The molecule has 1 aromatic heterocycles. The minimum absolute atomic E-state index is 0.0138. The monoisotopic (exact) mass is 442 g/mol. The molecule has 0 radical (unpaired) electrons. The first-order chi connectivity index (χ1) is 13.7. The van der Waals surface area contributed by atoms with Gasteiger partial charge in [0.2, 0.25) is 0 Å². The molecule has 10 nitrogen and oxygen atoms in total. The Kier molecular flexibility index (Phi) is 5.24. The van der Waals surface area contributed by atoms with Crippen molar-refractivity contribution in [3.63, 3.8) is 0 Å². The van der Waals surface area contributed by atoms with Crippen LogP contribution in [0.25, 0.3) is 0 Å². The average Bonchev–Trinajstić information content (AvgIpc) is 2.90. The largest absolute Gasteiger partial charge is 0.530 e. The zero-order valence-electron chi connectivity index (χ0n) is 15.3. The molecule has 12 heteroatoms. The van der Waals surface area contributed by atoms with Crippen LogP contribution in [0.2, 0.25) is 0 Å². The van der Waals surface area contributed by atoms with Gasteiger partial charge >= 0.3 is 7.82 Å². The molecule has 1 saturated heterocycles. The molecule has 0 aliphatic carbocycles. The molecule has 2 unspecified atom stereocenters. The normalized spacial score (nSPS) is 33.8. The number of aromatic amines is 1. The second-order valence-corrected chi connectivity index (χ2v) is 8.91. The highest BCUT2D eigenvalue weighted by molar-refractivity contribution is 7.71. The topological polar surface area (TPSA) is 132 Å². The Bertz CT molecular complexity index is 1080. The van der Waals surface area contributed by atoms with E-state index in [0.717, 1.165) is 5.56 Å². The van der Waals surface area contributed by atoms with E-state index in [0.29, 0.717) is 5.75 Å². The van der Waals surface area contributed by atoms with E-state index >= 15 is 0 Å². The number of rotatable bonds is 4. The molecule has 5 atom stereocenters. The number of phosphoric ester groups is 1. The summed E-state index contributed by atoms with van der Waals surface area (Å²) in [5, 5.41) is 21.3. The summed E-state index contributed by atoms with van der Waals surface area (Å²) in [5.41, 5.74) is -1.44. The van der Waals surface area contributed by atoms with Crippen LogP contribution in [0.5, 0.6) is 5.75 Å². The average molecular weight is 442 g/mol. The highest BCUT2D eigenvalue weighted by Crippen LogP contribution is 2.55. The number of hydrogen-bond acceptors (Lipinski definition) is 9. The third-order valence-corrected chi connectivity index (χ3v) is 6.46. The van der Waals surface area contributed by atoms with Crippen LogP contribution in [0.1, 0.15) is 18.7 Å². The standard InChI is InChI=1S/C17H19N2O8PS/c1-17(22)14(21)12(26-15(17)19-7-6-13(20)18-16(19)29)9-25-28(23)24-8-10-4-2-3-5-11(10)27-28/h2-7,12,14-15,21-22H,8-9H2,1H3,(H,18,20,29)/t12-,14?,15-,17-,28?/m1/s1. The van der Waals surface area contributed by atoms with Crippen molar-refractivity contribution < 1.29 is 33.1 Å². The summed E-state index contributed by atoms with van der Waals surface area (Å²) >= 11 is 5.10. The minimum atomic E-state index is -3.92. The molecule has 29 heavy (non-hydrogen) atoms. The molecule has 3 N–H and O–H groups in total. The van der Waals surface area contributed by atoms with Crippen LogP contribution >= 0.6 is 20.0 Å². The highest BCUT2D eigenvalue weighted by atomic mass is 32.1. The number of ether oxygens (including phenoxy) is 1. The number of aliphatic hydroxyl groups is 2. The maximum atomic E-state index is 12.7. The number of phosphoric acid groups is 1. The van der Waals surface area contributed by atoms with Crippen molar-refractivity contribution in [2.75, 3.05) is 6.61 Å². The summed E-state index contributed by atoms with van der Waals surface area (Å²) in [6.45, 7) is 1.04. The van der Waals surface area contributed by atoms with Gasteiger partial charge in [0.25, 0.3) is 5.56 Å². The molecule has 2 aliphatic rings. The third-order valence-electron chi connectivity index (χ3n) is 4.82. The zero-order chi connectivity index (χ0) is 20.8. The molecule has 0 spiro atoms. The predicted octanol–water partition coefficient (Wildman–Crippen LogP) is 1.65. The molecule has 2 aromatic rings. The fourth-order valence-corrected chi connectivity index (χ4v) is 4.71. The number of nitrogens with one attached hydrogen (secondary N) is 1. The van der Waals surface area contributed by atoms with Gasteiger partial charge in [0.1, 0.15) is 23.6 Å². The Balaban J connectivity index is 1.49. The van der Waals surface area contributed by atoms with Crippen LogP contribution in [0.3, 0.4) is 0 Å². The lowest BCUT2D eigenvalue weighted by Crippen LogP contribution is -2.44. The van der Waals surface area contributed by atoms with Gasteiger partial charge in [0.05, 0.1) is 13.2 Å². The number of nitrogens with zero attached hydrogens (tertiary/aromatic N) is 1. The van der Waals surface area contributed by atoms with Gasteiger partial charge in [-0.2, -0.15) is 0 Å². The zero-order valence-corrected chi connectivity index (χ0v) is 17.0. The maximum absolute atomic E-state index is 12.7. The quantitative estimate of drug-likeness (QED) is 0.478. The van der Waals surface area contributed by atoms with Gasteiger partial charge in [0.15, 0.2) is 11.0 Å². The summed E-state index contributed by atoms with van der Waals surface area (Å²) in [4.78, 5) is 13.8. The summed E-state index contributed by atoms with van der Waals surface area (Å²) in [5.74, 6) is 0.388. The van der Waals surface area contributed by atoms with Crippen molar-refractivity contribution in [2.45, 2.75) is 37.6 Å². The lowest BCUT2D eigenvalue weighted by Gasteiger charge is -2.28. The summed E-state index contributed by atoms with van der Waals surface area (Å²) in [6.07, 6.45) is -2.21. The van der Waals surface area contributed by atoms with Gasteiger partial charge in [-0.25, -0.2) is 4.57 Å². The van der Waals surface area contributed by atoms with E-state index in [1.165, 1.54) is 23.8 Å². The fourth-order valence-electron chi connectivity index (χ4n) is 3.23. The lowest BCUT2D eigenvalue weighted by molar-refractivity contribution is -0.0978. The van der Waals surface area contributed by atoms with E-state index in [-0.39, 0.29) is 18.0 Å². The molecular formula is C17H19N2O8PS. The van der Waals surface area contributed by atoms with Crippen molar-refractivity contribution >= 4 is 20.0 Å². The molecule has 1 aromatic carbocycles. The van der Waals surface area contributed by atoms with Crippen molar-refractivity contribution in [2.24, 2.45) is 0 Å². The van der Waals surface area contributed by atoms with Gasteiger partial charge < -0.3 is 19.5 Å². The number of hydrogen-bond donors (Lipinski definition) is 3. The van der Waals surface area contributed by atoms with Gasteiger partial charge in [-0.3, -0.25) is 23.4 Å². The molecule has 1 fully saturated rings. The molecule has 2 aliphatic heterocycles. The maximum Gasteiger partial charge on any atom is 0.530 e. The van der Waals surface area contributed by atoms with Crippen LogP contribution in [0.15, 0.2) is 41.3 Å². The SMILES string of the molecule is C[C@@]1(O)C(O)[C@@H](COP2(=O)OCc3ccccc3O2)O[C@H]1n1ccc(=O)[nH]c1=S. The summed E-state index contributed by atoms with van der Waals surface area (Å²) < 4.78 is 35.7. The predicted molar refractivity (Wildman–Crippen MR) is 102 cm³/mol. The smallest absolute Gasteiger partial charge is 0.404 e. The van der Waals surface area contributed by atoms with E-state index in [9.17, 15) is 19.6 Å². The van der Waals surface area contributed by atoms with Crippen LogP contribution in [0.4, 0.5) is 0 Å². The first kappa shape index (κ1) is 20.4. The lowest BCUT2D eigenvalue weighted by atomic mass is 9.96. The first-order valence-electron chi connectivity index (χ1n) is 8.74. The van der Waals surface area contributed by atoms with Crippen LogP contribution in [-0.2, 0) is 25.0 Å². The minimum Gasteiger partial charge on any atom is -0.404 e. The Morgan fingerprint density at radius 2 is 2.17 bits per heavy atom. The van der Waals surface area contributed by atoms with Crippen LogP contribution in [-0.4, -0.2) is 44.2 Å². The van der Waals surface area contributed by atoms with Crippen LogP contribution < -0.4 is 10.1 Å². The van der Waals surface area contributed by atoms with E-state index < -0.39 is 37.4 Å². The second-order valence-electron chi connectivity index (χ2n) is 6.93. The van der Waals surface area contributed by atoms with E-state index in [1.807, 2.05) is 0 Å². The van der Waals surface area contributed by atoms with Crippen LogP contribution in [0, 0.1) is 4.77 Å². The first-order valence-corrected chi connectivity index (χ1v) is 10.6. The number of H-pyrrole nitrogens is 1. The molecular weight excluding hydrogens is 423 g/mol. The molecule has 0 bridgehead atoms. The van der Waals surface area contributed by atoms with Crippen molar-refractivity contribution in [1.82, 2.24) is 9.55 Å². The second kappa shape index (κ2) is 7.44. The van der Waals surface area contributed by atoms with E-state index in [2.05, 4.69) is 4.98 Å². The Labute approximate surface area is 170 Å². The highest BCUT2D eigenvalue weighted by Gasteiger charge is 2.54. The van der Waals surface area contributed by atoms with Gasteiger partial charge in [-0.05, 0) is 25.2 Å². The molecule has 0 amide bonds. The fraction of sp³-hybridized carbons (Fsp3) is 0.412. The van der Waals surface area contributed by atoms with Crippen molar-refractivity contribution in [1.29, 1.82) is 0 Å². The summed E-state index contributed by atoms with van der Waals surface area (Å²) in [6, 6.07) is 8.17. The van der Waals surface area contributed by atoms with Gasteiger partial charge in [0, 0.05) is 17.8 Å². The van der Waals surface area contributed by atoms with E-state index in [4.69, 9.17) is 30.5 Å². The number of aromatic nitrogens is 2. The number of benzene rings is 1. The van der Waals surface area contributed by atoms with Gasteiger partial charge in [-0.1, -0.05) is 18.2 Å². The van der Waals surface area contributed by atoms with E-state index in [1.54, 1.807) is 24.3 Å². The Hall–Kier alpha value is -1.85. The Morgan fingerprint density at radius 1 is 1.41 bits per heavy atom. The van der Waals surface area contributed by atoms with Gasteiger partial charge in [-0.15, -0.1) is 0 Å². The Morgan fingerprint density at radius 3 is 2.93 bits per heavy atom. The molecule has 156 valence electrons. The molecule has 0 saturated carbocycles. The number of aliphatic hydroxyl groups excluding tert-OH is 1. The van der Waals surface area contributed by atoms with Crippen molar-refractivity contribution in [3.05, 3.63) is 57.2 Å². The number of para-hydroxylation sites is 1. The number of fused-ring (bicyclic) bond motifs is 1. The van der Waals surface area contributed by atoms with Crippen molar-refractivity contribution in [3.8, 4) is 5.75 Å². The summed E-state index contributed by atoms with van der Waals surface area (Å²) in [7, 11) is -3.92.